The molecule has 2 unspecified atom stereocenters. The number of ether oxygens (including phenoxy) is 1. The van der Waals surface area contributed by atoms with Crippen molar-refractivity contribution < 1.29 is 9.15 Å². The summed E-state index contributed by atoms with van der Waals surface area (Å²) in [6.45, 7) is 4.65. The van der Waals surface area contributed by atoms with E-state index >= 15 is 0 Å². The van der Waals surface area contributed by atoms with E-state index in [0.29, 0.717) is 12.5 Å². The van der Waals surface area contributed by atoms with Crippen LogP contribution < -0.4 is 5.32 Å². The van der Waals surface area contributed by atoms with Crippen molar-refractivity contribution in [2.24, 2.45) is 11.8 Å². The Balaban J connectivity index is 1.43. The minimum absolute atomic E-state index is 0.599. The van der Waals surface area contributed by atoms with Crippen molar-refractivity contribution in [2.45, 2.75) is 51.8 Å². The van der Waals surface area contributed by atoms with Crippen LogP contribution in [0.15, 0.2) is 28.9 Å². The van der Waals surface area contributed by atoms with E-state index in [0.717, 1.165) is 37.3 Å². The molecule has 2 atom stereocenters. The summed E-state index contributed by atoms with van der Waals surface area (Å²) < 4.78 is 11.5. The highest BCUT2D eigenvalue weighted by molar-refractivity contribution is 5.16. The molecule has 2 aliphatic carbocycles. The molecular weight excluding hydrogens is 250 g/mol. The average molecular weight is 275 g/mol. The second-order valence-corrected chi connectivity index (χ2v) is 6.22. The number of allylic oxidation sites excluding steroid dienone is 2. The minimum atomic E-state index is 0.599. The van der Waals surface area contributed by atoms with Crippen LogP contribution in [0.4, 0.5) is 0 Å². The fourth-order valence-electron chi connectivity index (χ4n) is 2.73. The lowest BCUT2D eigenvalue weighted by molar-refractivity contribution is 0.0577. The van der Waals surface area contributed by atoms with Crippen molar-refractivity contribution in [3.05, 3.63) is 35.8 Å². The first-order valence-corrected chi connectivity index (χ1v) is 7.84. The average Bonchev–Trinajstić information content (AvgIpc) is 3.18. The predicted octanol–water partition coefficient (Wildman–Crippen LogP) is 3.65. The second kappa shape index (κ2) is 6.59. The molecule has 1 fully saturated rings. The maximum Gasteiger partial charge on any atom is 0.133 e. The Labute approximate surface area is 121 Å². The van der Waals surface area contributed by atoms with E-state index in [9.17, 15) is 0 Å². The molecule has 1 aromatic heterocycles. The van der Waals surface area contributed by atoms with Crippen LogP contribution in [-0.4, -0.2) is 12.6 Å². The molecule has 0 aromatic carbocycles. The number of nitrogens with one attached hydrogen (secondary N) is 1. The third kappa shape index (κ3) is 3.74. The van der Waals surface area contributed by atoms with Gasteiger partial charge in [-0.05, 0) is 43.6 Å². The molecule has 2 aliphatic rings. The minimum Gasteiger partial charge on any atom is -0.467 e. The van der Waals surface area contributed by atoms with E-state index in [1.54, 1.807) is 6.26 Å². The van der Waals surface area contributed by atoms with Gasteiger partial charge in [-0.1, -0.05) is 19.1 Å². The number of rotatable bonds is 7. The monoisotopic (exact) mass is 275 g/mol. The van der Waals surface area contributed by atoms with Gasteiger partial charge in [0.1, 0.15) is 12.4 Å². The van der Waals surface area contributed by atoms with Gasteiger partial charge < -0.3 is 14.5 Å². The molecule has 1 saturated carbocycles. The Morgan fingerprint density at radius 3 is 2.95 bits per heavy atom. The zero-order chi connectivity index (χ0) is 13.8. The SMILES string of the molecule is CC1CC=CCC1COCc1occc1CNC1CC1. The lowest BCUT2D eigenvalue weighted by atomic mass is 9.85. The molecule has 3 rings (SSSR count). The normalized spacial score (nSPS) is 26.1. The summed E-state index contributed by atoms with van der Waals surface area (Å²) >= 11 is 0. The van der Waals surface area contributed by atoms with E-state index in [-0.39, 0.29) is 0 Å². The highest BCUT2D eigenvalue weighted by Crippen LogP contribution is 2.26. The smallest absolute Gasteiger partial charge is 0.133 e. The van der Waals surface area contributed by atoms with E-state index < -0.39 is 0 Å². The molecule has 0 bridgehead atoms. The summed E-state index contributed by atoms with van der Waals surface area (Å²) in [5.41, 5.74) is 1.24. The van der Waals surface area contributed by atoms with Crippen molar-refractivity contribution in [1.29, 1.82) is 0 Å². The van der Waals surface area contributed by atoms with E-state index in [2.05, 4.69) is 30.5 Å². The molecule has 0 radical (unpaired) electrons. The van der Waals surface area contributed by atoms with Crippen LogP contribution in [0.25, 0.3) is 0 Å². The highest BCUT2D eigenvalue weighted by atomic mass is 16.5. The Bertz CT molecular complexity index is 448. The molecule has 0 amide bonds. The topological polar surface area (TPSA) is 34.4 Å². The first-order valence-electron chi connectivity index (χ1n) is 7.84. The number of hydrogen-bond acceptors (Lipinski definition) is 3. The van der Waals surface area contributed by atoms with Gasteiger partial charge in [-0.15, -0.1) is 0 Å². The Morgan fingerprint density at radius 1 is 1.30 bits per heavy atom. The van der Waals surface area contributed by atoms with Gasteiger partial charge in [-0.2, -0.15) is 0 Å². The van der Waals surface area contributed by atoms with Gasteiger partial charge in [0.25, 0.3) is 0 Å². The molecule has 0 spiro atoms. The second-order valence-electron chi connectivity index (χ2n) is 6.22. The molecule has 20 heavy (non-hydrogen) atoms. The first kappa shape index (κ1) is 13.9. The Hall–Kier alpha value is -1.06. The third-order valence-electron chi connectivity index (χ3n) is 4.48. The van der Waals surface area contributed by atoms with Crippen molar-refractivity contribution in [3.63, 3.8) is 0 Å². The molecule has 1 aromatic rings. The molecule has 0 saturated heterocycles. The first-order chi connectivity index (χ1) is 9.83. The summed E-state index contributed by atoms with van der Waals surface area (Å²) in [7, 11) is 0. The van der Waals surface area contributed by atoms with Gasteiger partial charge >= 0.3 is 0 Å². The molecule has 0 aliphatic heterocycles. The maximum atomic E-state index is 5.90. The van der Waals surface area contributed by atoms with Gasteiger partial charge in [0.2, 0.25) is 0 Å². The molecule has 110 valence electrons. The van der Waals surface area contributed by atoms with E-state index in [1.165, 1.54) is 24.8 Å². The summed E-state index contributed by atoms with van der Waals surface area (Å²) in [6.07, 6.45) is 11.3. The number of furan rings is 1. The van der Waals surface area contributed by atoms with Crippen molar-refractivity contribution in [3.8, 4) is 0 Å². The predicted molar refractivity (Wildman–Crippen MR) is 79.3 cm³/mol. The highest BCUT2D eigenvalue weighted by Gasteiger charge is 2.21. The standard InChI is InChI=1S/C17H25NO2/c1-13-4-2-3-5-15(13)11-19-12-17-14(8-9-20-17)10-18-16-6-7-16/h2-3,8-9,13,15-16,18H,4-7,10-12H2,1H3. The lowest BCUT2D eigenvalue weighted by Crippen LogP contribution is -2.20. The van der Waals surface area contributed by atoms with Crippen LogP contribution in [0.1, 0.15) is 43.9 Å². The van der Waals surface area contributed by atoms with Crippen molar-refractivity contribution >= 4 is 0 Å². The van der Waals surface area contributed by atoms with Gasteiger partial charge in [-0.3, -0.25) is 0 Å². The van der Waals surface area contributed by atoms with Gasteiger partial charge in [0.05, 0.1) is 12.9 Å². The fourth-order valence-corrected chi connectivity index (χ4v) is 2.73. The van der Waals surface area contributed by atoms with Crippen LogP contribution in [0.5, 0.6) is 0 Å². The molecule has 3 nitrogen and oxygen atoms in total. The van der Waals surface area contributed by atoms with Crippen LogP contribution in [0.3, 0.4) is 0 Å². The molecule has 1 heterocycles. The zero-order valence-corrected chi connectivity index (χ0v) is 12.3. The van der Waals surface area contributed by atoms with Crippen LogP contribution in [0.2, 0.25) is 0 Å². The van der Waals surface area contributed by atoms with Crippen LogP contribution in [0, 0.1) is 11.8 Å². The quantitative estimate of drug-likeness (QED) is 0.771. The summed E-state index contributed by atoms with van der Waals surface area (Å²) in [5.74, 6) is 2.37. The Kier molecular flexibility index (Phi) is 4.58. The molecule has 1 N–H and O–H groups in total. The lowest BCUT2D eigenvalue weighted by Gasteiger charge is -2.24. The van der Waals surface area contributed by atoms with E-state index in [1.807, 2.05) is 0 Å². The van der Waals surface area contributed by atoms with Gasteiger partial charge in [0.15, 0.2) is 0 Å². The summed E-state index contributed by atoms with van der Waals surface area (Å²) in [6, 6.07) is 2.79. The van der Waals surface area contributed by atoms with Gasteiger partial charge in [0, 0.05) is 18.2 Å². The number of hydrogen-bond donors (Lipinski definition) is 1. The maximum absolute atomic E-state index is 5.90. The summed E-state index contributed by atoms with van der Waals surface area (Å²) in [5, 5.41) is 3.52. The third-order valence-corrected chi connectivity index (χ3v) is 4.48. The molecule has 3 heteroatoms. The fraction of sp³-hybridized carbons (Fsp3) is 0.647. The summed E-state index contributed by atoms with van der Waals surface area (Å²) in [4.78, 5) is 0. The van der Waals surface area contributed by atoms with Crippen LogP contribution >= 0.6 is 0 Å². The van der Waals surface area contributed by atoms with E-state index in [4.69, 9.17) is 9.15 Å². The van der Waals surface area contributed by atoms with Crippen LogP contribution in [-0.2, 0) is 17.9 Å². The largest absolute Gasteiger partial charge is 0.467 e. The zero-order valence-electron chi connectivity index (χ0n) is 12.3. The van der Waals surface area contributed by atoms with Crippen molar-refractivity contribution in [2.75, 3.05) is 6.61 Å². The van der Waals surface area contributed by atoms with Crippen molar-refractivity contribution in [1.82, 2.24) is 5.32 Å². The Morgan fingerprint density at radius 2 is 2.15 bits per heavy atom. The van der Waals surface area contributed by atoms with Gasteiger partial charge in [-0.25, -0.2) is 0 Å². The molecular formula is C17H25NO2.